The van der Waals surface area contributed by atoms with Crippen molar-refractivity contribution in [2.75, 3.05) is 0 Å². The summed E-state index contributed by atoms with van der Waals surface area (Å²) in [5.74, 6) is -0.282. The maximum absolute atomic E-state index is 12.6. The molecule has 0 aliphatic heterocycles. The van der Waals surface area contributed by atoms with Gasteiger partial charge in [-0.1, -0.05) is 0 Å². The lowest BCUT2D eigenvalue weighted by atomic mass is 10.0. The van der Waals surface area contributed by atoms with Crippen molar-refractivity contribution in [2.45, 2.75) is 44.6 Å². The van der Waals surface area contributed by atoms with Crippen LogP contribution in [0.3, 0.4) is 0 Å². The average Bonchev–Trinajstić information content (AvgIpc) is 3.17. The van der Waals surface area contributed by atoms with Crippen LogP contribution >= 0.6 is 11.3 Å². The molecule has 1 amide bonds. The molecule has 2 heterocycles. The molecule has 0 atom stereocenters. The summed E-state index contributed by atoms with van der Waals surface area (Å²) in [6.45, 7) is 0. The number of nitrogens with zero attached hydrogens (tertiary/aromatic N) is 2. The maximum Gasteiger partial charge on any atom is 0.271 e. The highest BCUT2D eigenvalue weighted by Crippen LogP contribution is 2.28. The number of hydrogen-bond donors (Lipinski definition) is 1. The van der Waals surface area contributed by atoms with Gasteiger partial charge in [0.25, 0.3) is 11.5 Å². The lowest BCUT2D eigenvalue weighted by Crippen LogP contribution is -2.33. The molecule has 104 valence electrons. The van der Waals surface area contributed by atoms with Crippen molar-refractivity contribution in [3.8, 4) is 0 Å². The summed E-state index contributed by atoms with van der Waals surface area (Å²) < 4.78 is 1.65. The molecule has 0 saturated heterocycles. The van der Waals surface area contributed by atoms with E-state index >= 15 is 0 Å². The van der Waals surface area contributed by atoms with Gasteiger partial charge in [0, 0.05) is 22.8 Å². The SMILES string of the molecule is O=C(NC1CC1)c1cnc2sc3c(n2c1=O)CCCC3. The molecule has 1 N–H and O–H groups in total. The number of aromatic nitrogens is 2. The third-order valence-corrected chi connectivity index (χ3v) is 5.12. The van der Waals surface area contributed by atoms with Crippen molar-refractivity contribution in [2.24, 2.45) is 0 Å². The van der Waals surface area contributed by atoms with E-state index in [1.54, 1.807) is 15.7 Å². The smallest absolute Gasteiger partial charge is 0.271 e. The summed E-state index contributed by atoms with van der Waals surface area (Å²) in [4.78, 5) is 30.9. The highest BCUT2D eigenvalue weighted by atomic mass is 32.1. The van der Waals surface area contributed by atoms with Crippen LogP contribution < -0.4 is 10.9 Å². The summed E-state index contributed by atoms with van der Waals surface area (Å²) in [5.41, 5.74) is 1.02. The Morgan fingerprint density at radius 2 is 2.15 bits per heavy atom. The van der Waals surface area contributed by atoms with Gasteiger partial charge in [-0.15, -0.1) is 11.3 Å². The van der Waals surface area contributed by atoms with Crippen LogP contribution in [0.1, 0.15) is 46.6 Å². The van der Waals surface area contributed by atoms with Crippen molar-refractivity contribution in [1.82, 2.24) is 14.7 Å². The molecule has 1 fully saturated rings. The van der Waals surface area contributed by atoms with E-state index < -0.39 is 0 Å². The Morgan fingerprint density at radius 1 is 1.35 bits per heavy atom. The largest absolute Gasteiger partial charge is 0.349 e. The molecule has 0 bridgehead atoms. The monoisotopic (exact) mass is 289 g/mol. The lowest BCUT2D eigenvalue weighted by molar-refractivity contribution is 0.0949. The van der Waals surface area contributed by atoms with Gasteiger partial charge < -0.3 is 5.32 Å². The second kappa shape index (κ2) is 4.41. The van der Waals surface area contributed by atoms with Gasteiger partial charge in [0.2, 0.25) is 0 Å². The van der Waals surface area contributed by atoms with Gasteiger partial charge in [0.05, 0.1) is 0 Å². The zero-order valence-corrected chi connectivity index (χ0v) is 11.8. The summed E-state index contributed by atoms with van der Waals surface area (Å²) in [5, 5.41) is 2.86. The van der Waals surface area contributed by atoms with E-state index in [2.05, 4.69) is 10.3 Å². The Bertz CT molecular complexity index is 758. The first-order chi connectivity index (χ1) is 9.74. The zero-order valence-electron chi connectivity index (χ0n) is 11.0. The quantitative estimate of drug-likeness (QED) is 0.912. The first-order valence-electron chi connectivity index (χ1n) is 7.07. The van der Waals surface area contributed by atoms with Crippen LogP contribution in [0.2, 0.25) is 0 Å². The van der Waals surface area contributed by atoms with Crippen molar-refractivity contribution >= 4 is 22.2 Å². The van der Waals surface area contributed by atoms with E-state index in [1.807, 2.05) is 0 Å². The van der Waals surface area contributed by atoms with Crippen molar-refractivity contribution in [1.29, 1.82) is 0 Å². The van der Waals surface area contributed by atoms with Crippen LogP contribution in [0.5, 0.6) is 0 Å². The Balaban J connectivity index is 1.85. The number of nitrogens with one attached hydrogen (secondary N) is 1. The highest BCUT2D eigenvalue weighted by Gasteiger charge is 2.26. The first kappa shape index (κ1) is 12.1. The Hall–Kier alpha value is -1.69. The van der Waals surface area contributed by atoms with Gasteiger partial charge in [-0.2, -0.15) is 0 Å². The molecule has 2 aliphatic rings. The predicted octanol–water partition coefficient (Wildman–Crippen LogP) is 1.53. The summed E-state index contributed by atoms with van der Waals surface area (Å²) >= 11 is 1.58. The number of carbonyl (C=O) groups excluding carboxylic acids is 1. The van der Waals surface area contributed by atoms with Crippen molar-refractivity contribution in [3.05, 3.63) is 32.7 Å². The zero-order chi connectivity index (χ0) is 13.7. The van der Waals surface area contributed by atoms with Gasteiger partial charge in [-0.25, -0.2) is 4.98 Å². The Morgan fingerprint density at radius 3 is 2.95 bits per heavy atom. The van der Waals surface area contributed by atoms with Gasteiger partial charge in [-0.05, 0) is 38.5 Å². The first-order valence-corrected chi connectivity index (χ1v) is 7.89. The minimum absolute atomic E-state index is 0.167. The van der Waals surface area contributed by atoms with Crippen LogP contribution in [0.25, 0.3) is 4.96 Å². The number of aryl methyl sites for hydroxylation is 2. The van der Waals surface area contributed by atoms with Gasteiger partial charge >= 0.3 is 0 Å². The van der Waals surface area contributed by atoms with Crippen LogP contribution in [-0.2, 0) is 12.8 Å². The third kappa shape index (κ3) is 1.86. The minimum atomic E-state index is -0.282. The topological polar surface area (TPSA) is 63.5 Å². The van der Waals surface area contributed by atoms with Crippen LogP contribution in [0.4, 0.5) is 0 Å². The summed E-state index contributed by atoms with van der Waals surface area (Å²) in [6.07, 6.45) is 7.65. The molecule has 1 saturated carbocycles. The van der Waals surface area contributed by atoms with E-state index in [0.717, 1.165) is 37.8 Å². The van der Waals surface area contributed by atoms with E-state index in [-0.39, 0.29) is 23.1 Å². The molecule has 4 rings (SSSR count). The molecule has 20 heavy (non-hydrogen) atoms. The second-order valence-electron chi connectivity index (χ2n) is 5.52. The molecular weight excluding hydrogens is 274 g/mol. The average molecular weight is 289 g/mol. The second-order valence-corrected chi connectivity index (χ2v) is 6.58. The fourth-order valence-corrected chi connectivity index (χ4v) is 3.88. The number of amides is 1. The number of rotatable bonds is 2. The molecule has 5 nitrogen and oxygen atoms in total. The maximum atomic E-state index is 12.6. The Kier molecular flexibility index (Phi) is 2.66. The number of fused-ring (bicyclic) bond motifs is 3. The molecule has 0 unspecified atom stereocenters. The van der Waals surface area contributed by atoms with Crippen LogP contribution in [-0.4, -0.2) is 21.3 Å². The highest BCUT2D eigenvalue weighted by molar-refractivity contribution is 7.17. The fourth-order valence-electron chi connectivity index (χ4n) is 2.71. The van der Waals surface area contributed by atoms with Gasteiger partial charge in [0.1, 0.15) is 5.56 Å². The number of hydrogen-bond acceptors (Lipinski definition) is 4. The van der Waals surface area contributed by atoms with E-state index in [9.17, 15) is 9.59 Å². The summed E-state index contributed by atoms with van der Waals surface area (Å²) in [7, 11) is 0. The molecule has 2 aromatic heterocycles. The molecular formula is C14H15N3O2S. The molecule has 0 spiro atoms. The third-order valence-electron chi connectivity index (χ3n) is 3.96. The normalized spacial score (nSPS) is 18.0. The molecule has 2 aromatic rings. The summed E-state index contributed by atoms with van der Waals surface area (Å²) in [6, 6.07) is 0.249. The minimum Gasteiger partial charge on any atom is -0.349 e. The Labute approximate surface area is 119 Å². The van der Waals surface area contributed by atoms with Crippen LogP contribution in [0, 0.1) is 0 Å². The van der Waals surface area contributed by atoms with Gasteiger partial charge in [-0.3, -0.25) is 14.0 Å². The van der Waals surface area contributed by atoms with Crippen LogP contribution in [0.15, 0.2) is 11.0 Å². The number of carbonyl (C=O) groups is 1. The standard InChI is InChI=1S/C14H15N3O2S/c18-12(16-8-5-6-8)9-7-15-14-17(13(9)19)10-3-1-2-4-11(10)20-14/h7-8H,1-6H2,(H,16,18). The lowest BCUT2D eigenvalue weighted by Gasteiger charge is -2.10. The molecule has 0 aromatic carbocycles. The van der Waals surface area contributed by atoms with E-state index in [0.29, 0.717) is 4.96 Å². The molecule has 0 radical (unpaired) electrons. The number of thiazole rings is 1. The van der Waals surface area contributed by atoms with Gasteiger partial charge in [0.15, 0.2) is 4.96 Å². The fraction of sp³-hybridized carbons (Fsp3) is 0.500. The predicted molar refractivity (Wildman–Crippen MR) is 76.5 cm³/mol. The van der Waals surface area contributed by atoms with E-state index in [4.69, 9.17) is 0 Å². The van der Waals surface area contributed by atoms with Crippen molar-refractivity contribution < 1.29 is 4.79 Å². The molecule has 6 heteroatoms. The molecule has 2 aliphatic carbocycles. The van der Waals surface area contributed by atoms with Crippen molar-refractivity contribution in [3.63, 3.8) is 0 Å². The van der Waals surface area contributed by atoms with E-state index in [1.165, 1.54) is 17.5 Å².